The first-order valence-corrected chi connectivity index (χ1v) is 6.90. The molecular weight excluding hydrogens is 221 g/mol. The zero-order valence-corrected chi connectivity index (χ0v) is 10.4. The quantitative estimate of drug-likeness (QED) is 0.868. The van der Waals surface area contributed by atoms with Crippen molar-refractivity contribution in [2.24, 2.45) is 0 Å². The molecule has 3 heteroatoms. The maximum absolute atomic E-state index is 12.9. The van der Waals surface area contributed by atoms with Gasteiger partial charge in [0.05, 0.1) is 0 Å². The lowest BCUT2D eigenvalue weighted by molar-refractivity contribution is 0.515. The van der Waals surface area contributed by atoms with E-state index in [1.807, 2.05) is 30.9 Å². The van der Waals surface area contributed by atoms with Gasteiger partial charge in [-0.1, -0.05) is 18.6 Å². The number of hydrogen-bond acceptors (Lipinski definition) is 2. The number of benzene rings is 1. The molecule has 2 rings (SSSR count). The van der Waals surface area contributed by atoms with Crippen LogP contribution in [0.15, 0.2) is 24.3 Å². The molecule has 1 heterocycles. The second-order valence-corrected chi connectivity index (χ2v) is 5.57. The molecule has 0 spiro atoms. The third-order valence-corrected chi connectivity index (χ3v) is 4.59. The highest BCUT2D eigenvalue weighted by molar-refractivity contribution is 8.00. The Labute approximate surface area is 101 Å². The molecule has 1 aromatic carbocycles. The van der Waals surface area contributed by atoms with Crippen LogP contribution in [0, 0.1) is 5.82 Å². The number of hydrogen-bond donors (Lipinski definition) is 1. The van der Waals surface area contributed by atoms with Gasteiger partial charge in [0.25, 0.3) is 0 Å². The van der Waals surface area contributed by atoms with Crippen LogP contribution in [0.1, 0.15) is 30.9 Å². The second kappa shape index (κ2) is 5.69. The van der Waals surface area contributed by atoms with E-state index >= 15 is 0 Å². The Morgan fingerprint density at radius 1 is 1.31 bits per heavy atom. The largest absolute Gasteiger partial charge is 0.312 e. The fourth-order valence-electron chi connectivity index (χ4n) is 2.27. The Hall–Kier alpha value is -0.540. The molecule has 1 fully saturated rings. The molecule has 88 valence electrons. The molecular formula is C13H18FNS. The lowest BCUT2D eigenvalue weighted by Gasteiger charge is -2.29. The van der Waals surface area contributed by atoms with Crippen molar-refractivity contribution in [2.75, 3.05) is 12.8 Å². The van der Waals surface area contributed by atoms with E-state index in [0.717, 1.165) is 0 Å². The monoisotopic (exact) mass is 239 g/mol. The van der Waals surface area contributed by atoms with Gasteiger partial charge in [0.15, 0.2) is 0 Å². The minimum atomic E-state index is -0.157. The second-order valence-electron chi connectivity index (χ2n) is 4.22. The molecule has 0 radical (unpaired) electrons. The predicted molar refractivity (Wildman–Crippen MR) is 68.3 cm³/mol. The van der Waals surface area contributed by atoms with Crippen molar-refractivity contribution in [3.63, 3.8) is 0 Å². The maximum Gasteiger partial charge on any atom is 0.123 e. The molecule has 1 aliphatic rings. The molecule has 0 amide bonds. The van der Waals surface area contributed by atoms with Gasteiger partial charge in [-0.2, -0.15) is 11.8 Å². The van der Waals surface area contributed by atoms with E-state index < -0.39 is 0 Å². The van der Waals surface area contributed by atoms with Crippen LogP contribution < -0.4 is 5.32 Å². The minimum absolute atomic E-state index is 0.157. The van der Waals surface area contributed by atoms with Gasteiger partial charge in [0.1, 0.15) is 5.82 Å². The summed E-state index contributed by atoms with van der Waals surface area (Å²) in [6, 6.07) is 7.24. The van der Waals surface area contributed by atoms with Crippen LogP contribution in [0.25, 0.3) is 0 Å². The number of halogens is 1. The fourth-order valence-corrected chi connectivity index (χ4v) is 3.76. The van der Waals surface area contributed by atoms with E-state index in [0.29, 0.717) is 11.3 Å². The Bertz CT molecular complexity index is 319. The third-order valence-electron chi connectivity index (χ3n) is 3.13. The standard InChI is InChI=1S/C13H18FNS/c1-15-13(12-4-2-3-9-16-12)10-5-7-11(14)8-6-10/h5-8,12-13,15H,2-4,9H2,1H3. The van der Waals surface area contributed by atoms with E-state index in [9.17, 15) is 4.39 Å². The van der Waals surface area contributed by atoms with Gasteiger partial charge in [-0.25, -0.2) is 4.39 Å². The summed E-state index contributed by atoms with van der Waals surface area (Å²) in [6.07, 6.45) is 3.91. The van der Waals surface area contributed by atoms with Gasteiger partial charge in [-0.3, -0.25) is 0 Å². The molecule has 0 aromatic heterocycles. The molecule has 2 atom stereocenters. The summed E-state index contributed by atoms with van der Waals surface area (Å²) in [4.78, 5) is 0. The van der Waals surface area contributed by atoms with Gasteiger partial charge in [-0.05, 0) is 43.3 Å². The highest BCUT2D eigenvalue weighted by Gasteiger charge is 2.24. The topological polar surface area (TPSA) is 12.0 Å². The van der Waals surface area contributed by atoms with Crippen LogP contribution in [0.4, 0.5) is 4.39 Å². The van der Waals surface area contributed by atoms with Crippen LogP contribution in [-0.2, 0) is 0 Å². The fraction of sp³-hybridized carbons (Fsp3) is 0.538. The van der Waals surface area contributed by atoms with Crippen LogP contribution >= 0.6 is 11.8 Å². The summed E-state index contributed by atoms with van der Waals surface area (Å²) in [5, 5.41) is 3.99. The van der Waals surface area contributed by atoms with Gasteiger partial charge in [0, 0.05) is 11.3 Å². The number of rotatable bonds is 3. The molecule has 16 heavy (non-hydrogen) atoms. The molecule has 1 nitrogen and oxygen atoms in total. The molecule has 1 saturated heterocycles. The predicted octanol–water partition coefficient (Wildman–Crippen LogP) is 3.37. The van der Waals surface area contributed by atoms with Crippen molar-refractivity contribution >= 4 is 11.8 Å². The molecule has 1 aromatic rings. The summed E-state index contributed by atoms with van der Waals surface area (Å²) < 4.78 is 12.9. The van der Waals surface area contributed by atoms with Crippen molar-refractivity contribution in [3.8, 4) is 0 Å². The van der Waals surface area contributed by atoms with E-state index in [4.69, 9.17) is 0 Å². The first kappa shape index (κ1) is 11.9. The summed E-state index contributed by atoms with van der Waals surface area (Å²) in [7, 11) is 1.99. The van der Waals surface area contributed by atoms with E-state index in [2.05, 4.69) is 5.32 Å². The highest BCUT2D eigenvalue weighted by atomic mass is 32.2. The van der Waals surface area contributed by atoms with Gasteiger partial charge >= 0.3 is 0 Å². The van der Waals surface area contributed by atoms with Crippen LogP contribution in [0.5, 0.6) is 0 Å². The highest BCUT2D eigenvalue weighted by Crippen LogP contribution is 2.34. The zero-order chi connectivity index (χ0) is 11.4. The molecule has 1 N–H and O–H groups in total. The van der Waals surface area contributed by atoms with E-state index in [-0.39, 0.29) is 5.82 Å². The third kappa shape index (κ3) is 2.77. The summed E-state index contributed by atoms with van der Waals surface area (Å²) in [6.45, 7) is 0. The maximum atomic E-state index is 12.9. The first-order valence-electron chi connectivity index (χ1n) is 5.85. The number of thioether (sulfide) groups is 1. The van der Waals surface area contributed by atoms with Crippen molar-refractivity contribution in [1.29, 1.82) is 0 Å². The van der Waals surface area contributed by atoms with Crippen LogP contribution in [-0.4, -0.2) is 18.1 Å². The summed E-state index contributed by atoms with van der Waals surface area (Å²) in [5.74, 6) is 1.10. The smallest absolute Gasteiger partial charge is 0.123 e. The van der Waals surface area contributed by atoms with Crippen molar-refractivity contribution in [1.82, 2.24) is 5.32 Å². The average Bonchev–Trinajstić information content (AvgIpc) is 2.34. The Morgan fingerprint density at radius 3 is 2.62 bits per heavy atom. The minimum Gasteiger partial charge on any atom is -0.312 e. The van der Waals surface area contributed by atoms with Gasteiger partial charge in [-0.15, -0.1) is 0 Å². The van der Waals surface area contributed by atoms with E-state index in [1.54, 1.807) is 12.1 Å². The molecule has 0 saturated carbocycles. The molecule has 2 unspecified atom stereocenters. The lowest BCUT2D eigenvalue weighted by Crippen LogP contribution is -2.29. The van der Waals surface area contributed by atoms with E-state index in [1.165, 1.54) is 30.6 Å². The van der Waals surface area contributed by atoms with Crippen molar-refractivity contribution < 1.29 is 4.39 Å². The Morgan fingerprint density at radius 2 is 2.06 bits per heavy atom. The average molecular weight is 239 g/mol. The zero-order valence-electron chi connectivity index (χ0n) is 9.58. The Balaban J connectivity index is 2.11. The molecule has 0 aliphatic carbocycles. The summed E-state index contributed by atoms with van der Waals surface area (Å²) in [5.41, 5.74) is 1.20. The normalized spacial score (nSPS) is 23.0. The Kier molecular flexibility index (Phi) is 4.24. The first-order chi connectivity index (χ1) is 7.81. The lowest BCUT2D eigenvalue weighted by atomic mass is 9.99. The van der Waals surface area contributed by atoms with Gasteiger partial charge in [0.2, 0.25) is 0 Å². The van der Waals surface area contributed by atoms with Crippen molar-refractivity contribution in [3.05, 3.63) is 35.6 Å². The van der Waals surface area contributed by atoms with Crippen LogP contribution in [0.3, 0.4) is 0 Å². The van der Waals surface area contributed by atoms with Crippen LogP contribution in [0.2, 0.25) is 0 Å². The van der Waals surface area contributed by atoms with Gasteiger partial charge < -0.3 is 5.32 Å². The summed E-state index contributed by atoms with van der Waals surface area (Å²) >= 11 is 2.04. The number of nitrogens with one attached hydrogen (secondary N) is 1. The van der Waals surface area contributed by atoms with Crippen molar-refractivity contribution in [2.45, 2.75) is 30.6 Å². The molecule has 1 aliphatic heterocycles. The molecule has 0 bridgehead atoms. The SMILES string of the molecule is CNC(c1ccc(F)cc1)C1CCCCS1.